The van der Waals surface area contributed by atoms with E-state index in [-0.39, 0.29) is 0 Å². The van der Waals surface area contributed by atoms with E-state index in [4.69, 9.17) is 11.5 Å². The summed E-state index contributed by atoms with van der Waals surface area (Å²) in [7, 11) is 0. The maximum Gasteiger partial charge on any atom is 0.207 e. The second kappa shape index (κ2) is 5.61. The smallest absolute Gasteiger partial charge is 0.207 e. The standard InChI is InChI=1S/C15H19N7/c1-9-5-11-12(6-10(9)2)22(15(17)21-11)14-7-13(18-4-3-16)19-8-20-14/h5-8H,3-4,16H2,1-2H3,(H2,17,21)(H,18,19,20). The Hall–Kier alpha value is -2.67. The van der Waals surface area contributed by atoms with Gasteiger partial charge in [-0.05, 0) is 37.1 Å². The van der Waals surface area contributed by atoms with Crippen molar-refractivity contribution in [3.63, 3.8) is 0 Å². The van der Waals surface area contributed by atoms with Crippen LogP contribution in [0.2, 0.25) is 0 Å². The second-order valence-electron chi connectivity index (χ2n) is 5.21. The Kier molecular flexibility index (Phi) is 3.64. The van der Waals surface area contributed by atoms with Gasteiger partial charge in [0.25, 0.3) is 0 Å². The van der Waals surface area contributed by atoms with Crippen LogP contribution in [0, 0.1) is 13.8 Å². The van der Waals surface area contributed by atoms with Crippen molar-refractivity contribution in [1.29, 1.82) is 0 Å². The first-order chi connectivity index (χ1) is 10.6. The number of fused-ring (bicyclic) bond motifs is 1. The van der Waals surface area contributed by atoms with E-state index < -0.39 is 0 Å². The molecule has 7 nitrogen and oxygen atoms in total. The molecule has 1 aromatic carbocycles. The van der Waals surface area contributed by atoms with Crippen LogP contribution in [-0.2, 0) is 0 Å². The van der Waals surface area contributed by atoms with E-state index >= 15 is 0 Å². The quantitative estimate of drug-likeness (QED) is 0.671. The molecule has 2 heterocycles. The summed E-state index contributed by atoms with van der Waals surface area (Å²) >= 11 is 0. The van der Waals surface area contributed by atoms with Gasteiger partial charge >= 0.3 is 0 Å². The molecule has 0 radical (unpaired) electrons. The largest absolute Gasteiger partial charge is 0.369 e. The Morgan fingerprint density at radius 2 is 1.91 bits per heavy atom. The molecule has 0 fully saturated rings. The third-order valence-electron chi connectivity index (χ3n) is 3.63. The van der Waals surface area contributed by atoms with Crippen LogP contribution >= 0.6 is 0 Å². The molecular weight excluding hydrogens is 278 g/mol. The SMILES string of the molecule is Cc1cc2nc(N)n(-c3cc(NCCN)ncn3)c2cc1C. The summed E-state index contributed by atoms with van der Waals surface area (Å²) < 4.78 is 1.83. The summed E-state index contributed by atoms with van der Waals surface area (Å²) in [4.78, 5) is 12.9. The molecule has 114 valence electrons. The van der Waals surface area contributed by atoms with Crippen LogP contribution in [0.5, 0.6) is 0 Å². The first-order valence-corrected chi connectivity index (χ1v) is 7.11. The number of nitrogen functional groups attached to an aromatic ring is 1. The van der Waals surface area contributed by atoms with Gasteiger partial charge in [-0.1, -0.05) is 0 Å². The van der Waals surface area contributed by atoms with Gasteiger partial charge in [-0.15, -0.1) is 0 Å². The third-order valence-corrected chi connectivity index (χ3v) is 3.63. The fraction of sp³-hybridized carbons (Fsp3) is 0.267. The van der Waals surface area contributed by atoms with Crippen LogP contribution in [0.3, 0.4) is 0 Å². The van der Waals surface area contributed by atoms with Crippen molar-refractivity contribution in [2.45, 2.75) is 13.8 Å². The molecule has 0 spiro atoms. The maximum atomic E-state index is 6.09. The minimum atomic E-state index is 0.406. The van der Waals surface area contributed by atoms with Crippen LogP contribution < -0.4 is 16.8 Å². The maximum absolute atomic E-state index is 6.09. The monoisotopic (exact) mass is 297 g/mol. The summed E-state index contributed by atoms with van der Waals surface area (Å²) in [6.45, 7) is 5.31. The van der Waals surface area contributed by atoms with Crippen LogP contribution in [0.25, 0.3) is 16.9 Å². The van der Waals surface area contributed by atoms with E-state index in [1.165, 1.54) is 17.5 Å². The number of benzene rings is 1. The lowest BCUT2D eigenvalue weighted by Gasteiger charge is -2.09. The van der Waals surface area contributed by atoms with E-state index in [9.17, 15) is 0 Å². The number of hydrogen-bond donors (Lipinski definition) is 3. The zero-order valence-electron chi connectivity index (χ0n) is 12.7. The Morgan fingerprint density at radius 3 is 2.68 bits per heavy atom. The van der Waals surface area contributed by atoms with Gasteiger partial charge in [0.2, 0.25) is 5.95 Å². The molecule has 0 aliphatic carbocycles. The fourth-order valence-corrected chi connectivity index (χ4v) is 2.36. The zero-order chi connectivity index (χ0) is 15.7. The van der Waals surface area contributed by atoms with Gasteiger partial charge in [-0.3, -0.25) is 4.57 Å². The van der Waals surface area contributed by atoms with Crippen LogP contribution in [0.4, 0.5) is 11.8 Å². The molecule has 5 N–H and O–H groups in total. The molecule has 22 heavy (non-hydrogen) atoms. The highest BCUT2D eigenvalue weighted by Gasteiger charge is 2.13. The third kappa shape index (κ3) is 2.46. The highest BCUT2D eigenvalue weighted by molar-refractivity contribution is 5.82. The lowest BCUT2D eigenvalue weighted by atomic mass is 10.1. The lowest BCUT2D eigenvalue weighted by Crippen LogP contribution is -2.14. The number of hydrogen-bond acceptors (Lipinski definition) is 6. The number of rotatable bonds is 4. The van der Waals surface area contributed by atoms with Gasteiger partial charge in [0.1, 0.15) is 18.0 Å². The summed E-state index contributed by atoms with van der Waals surface area (Å²) in [5.74, 6) is 1.79. The van der Waals surface area contributed by atoms with Gasteiger partial charge in [0, 0.05) is 19.2 Å². The molecule has 0 unspecified atom stereocenters. The number of aryl methyl sites for hydroxylation is 2. The molecule has 0 aliphatic heterocycles. The fourth-order valence-electron chi connectivity index (χ4n) is 2.36. The van der Waals surface area contributed by atoms with Gasteiger partial charge in [0.15, 0.2) is 0 Å². The topological polar surface area (TPSA) is 108 Å². The lowest BCUT2D eigenvalue weighted by molar-refractivity contribution is 0.977. The molecular formula is C15H19N7. The highest BCUT2D eigenvalue weighted by Crippen LogP contribution is 2.25. The summed E-state index contributed by atoms with van der Waals surface area (Å²) in [6, 6.07) is 5.94. The molecule has 0 aliphatic rings. The number of imidazole rings is 1. The van der Waals surface area contributed by atoms with Crippen molar-refractivity contribution in [1.82, 2.24) is 19.5 Å². The minimum Gasteiger partial charge on any atom is -0.369 e. The molecule has 0 atom stereocenters. The Balaban J connectivity index is 2.13. The van der Waals surface area contributed by atoms with Crippen LogP contribution in [0.1, 0.15) is 11.1 Å². The van der Waals surface area contributed by atoms with E-state index in [1.54, 1.807) is 0 Å². The van der Waals surface area contributed by atoms with Crippen molar-refractivity contribution >= 4 is 22.8 Å². The summed E-state index contributed by atoms with van der Waals surface area (Å²) in [5.41, 5.74) is 15.7. The number of nitrogens with zero attached hydrogens (tertiary/aromatic N) is 4. The van der Waals surface area contributed by atoms with E-state index in [0.29, 0.717) is 30.7 Å². The summed E-state index contributed by atoms with van der Waals surface area (Å²) in [6.07, 6.45) is 1.50. The summed E-state index contributed by atoms with van der Waals surface area (Å²) in [5, 5.41) is 3.13. The number of nitrogens with two attached hydrogens (primary N) is 2. The Bertz CT molecular complexity index is 822. The minimum absolute atomic E-state index is 0.406. The first-order valence-electron chi connectivity index (χ1n) is 7.11. The van der Waals surface area contributed by atoms with Gasteiger partial charge in [-0.25, -0.2) is 15.0 Å². The number of aromatic nitrogens is 4. The molecule has 0 saturated carbocycles. The predicted octanol–water partition coefficient (Wildman–Crippen LogP) is 1.39. The molecule has 2 aromatic heterocycles. The highest BCUT2D eigenvalue weighted by atomic mass is 15.2. The van der Waals surface area contributed by atoms with Crippen molar-refractivity contribution < 1.29 is 0 Å². The molecule has 0 saturated heterocycles. The molecule has 7 heteroatoms. The van der Waals surface area contributed by atoms with Crippen molar-refractivity contribution in [3.8, 4) is 5.82 Å². The normalized spacial score (nSPS) is 11.0. The van der Waals surface area contributed by atoms with Gasteiger partial charge in [0.05, 0.1) is 11.0 Å². The van der Waals surface area contributed by atoms with Crippen molar-refractivity contribution in [3.05, 3.63) is 35.7 Å². The molecule has 3 rings (SSSR count). The van der Waals surface area contributed by atoms with Gasteiger partial charge < -0.3 is 16.8 Å². The van der Waals surface area contributed by atoms with E-state index in [0.717, 1.165) is 11.0 Å². The average Bonchev–Trinajstić information content (AvgIpc) is 2.81. The van der Waals surface area contributed by atoms with Crippen molar-refractivity contribution in [2.75, 3.05) is 24.1 Å². The van der Waals surface area contributed by atoms with Crippen LogP contribution in [-0.4, -0.2) is 32.6 Å². The van der Waals surface area contributed by atoms with E-state index in [2.05, 4.69) is 40.2 Å². The predicted molar refractivity (Wildman–Crippen MR) is 88.1 cm³/mol. The molecule has 3 aromatic rings. The molecule has 0 amide bonds. The second-order valence-corrected chi connectivity index (χ2v) is 5.21. The Labute approximate surface area is 128 Å². The van der Waals surface area contributed by atoms with E-state index in [1.807, 2.05) is 16.7 Å². The molecule has 0 bridgehead atoms. The number of nitrogens with one attached hydrogen (secondary N) is 1. The van der Waals surface area contributed by atoms with Gasteiger partial charge in [-0.2, -0.15) is 0 Å². The average molecular weight is 297 g/mol. The zero-order valence-corrected chi connectivity index (χ0v) is 12.7. The van der Waals surface area contributed by atoms with Crippen LogP contribution in [0.15, 0.2) is 24.5 Å². The first kappa shape index (κ1) is 14.3. The Morgan fingerprint density at radius 1 is 1.14 bits per heavy atom. The number of anilines is 2. The van der Waals surface area contributed by atoms with Crippen molar-refractivity contribution in [2.24, 2.45) is 5.73 Å².